The van der Waals surface area contributed by atoms with Crippen molar-refractivity contribution in [1.29, 1.82) is 0 Å². The molecule has 0 aliphatic rings. The summed E-state index contributed by atoms with van der Waals surface area (Å²) in [5.41, 5.74) is 2.75. The average Bonchev–Trinajstić information content (AvgIpc) is 3.43. The van der Waals surface area contributed by atoms with Crippen molar-refractivity contribution in [3.05, 3.63) is 59.1 Å². The fourth-order valence-corrected chi connectivity index (χ4v) is 4.71. The lowest BCUT2D eigenvalue weighted by atomic mass is 10.2. The van der Waals surface area contributed by atoms with Gasteiger partial charge in [0.2, 0.25) is 5.91 Å². The molecule has 2 N–H and O–H groups in total. The first kappa shape index (κ1) is 24.3. The molecule has 2 heterocycles. The van der Waals surface area contributed by atoms with Gasteiger partial charge in [0.15, 0.2) is 0 Å². The highest BCUT2D eigenvalue weighted by Gasteiger charge is 2.20. The number of hydrogen-bond acceptors (Lipinski definition) is 6. The summed E-state index contributed by atoms with van der Waals surface area (Å²) in [4.78, 5) is 26.7. The van der Waals surface area contributed by atoms with Crippen molar-refractivity contribution >= 4 is 44.7 Å². The second kappa shape index (κ2) is 10.6. The zero-order valence-corrected chi connectivity index (χ0v) is 21.0. The summed E-state index contributed by atoms with van der Waals surface area (Å²) in [6, 6.07) is 15.0. The molecule has 9 heteroatoms. The van der Waals surface area contributed by atoms with Gasteiger partial charge in [-0.3, -0.25) is 9.59 Å². The van der Waals surface area contributed by atoms with Gasteiger partial charge in [-0.15, -0.1) is 11.3 Å². The van der Waals surface area contributed by atoms with Gasteiger partial charge in [0.1, 0.15) is 16.3 Å². The van der Waals surface area contributed by atoms with Crippen molar-refractivity contribution < 1.29 is 19.1 Å². The number of carbonyl (C=O) groups is 2. The molecule has 2 aromatic heterocycles. The molecule has 0 aliphatic heterocycles. The maximum Gasteiger partial charge on any atom is 0.265 e. The molecule has 0 radical (unpaired) electrons. The number of ether oxygens (including phenoxy) is 2. The maximum atomic E-state index is 13.3. The highest BCUT2D eigenvalue weighted by Crippen LogP contribution is 2.38. The number of hydrogen-bond donors (Lipinski definition) is 2. The maximum absolute atomic E-state index is 13.3. The molecular weight excluding hydrogens is 464 g/mol. The van der Waals surface area contributed by atoms with Crippen LogP contribution in [0.1, 0.15) is 42.6 Å². The van der Waals surface area contributed by atoms with Crippen LogP contribution < -0.4 is 20.1 Å². The number of nitrogens with one attached hydrogen (secondary N) is 2. The fourth-order valence-electron chi connectivity index (χ4n) is 3.63. The minimum atomic E-state index is -0.265. The van der Waals surface area contributed by atoms with Crippen molar-refractivity contribution in [2.45, 2.75) is 34.1 Å². The van der Waals surface area contributed by atoms with Crippen LogP contribution in [0.3, 0.4) is 0 Å². The molecule has 4 aromatic rings. The molecule has 35 heavy (non-hydrogen) atoms. The molecule has 0 fully saturated rings. The number of aromatic nitrogens is 2. The zero-order valence-electron chi connectivity index (χ0n) is 20.2. The monoisotopic (exact) mass is 492 g/mol. The Labute approximate surface area is 207 Å². The van der Waals surface area contributed by atoms with Crippen LogP contribution in [0.25, 0.3) is 15.9 Å². The number of carbonyl (C=O) groups excluding carboxylic acids is 2. The normalized spacial score (nSPS) is 10.9. The zero-order chi connectivity index (χ0) is 24.9. The van der Waals surface area contributed by atoms with E-state index in [-0.39, 0.29) is 11.8 Å². The predicted octanol–water partition coefficient (Wildman–Crippen LogP) is 5.79. The molecule has 0 spiro atoms. The number of nitrogens with zero attached hydrogens (tertiary/aromatic N) is 2. The fraction of sp³-hybridized carbons (Fsp3) is 0.269. The van der Waals surface area contributed by atoms with E-state index in [0.29, 0.717) is 47.4 Å². The van der Waals surface area contributed by atoms with Gasteiger partial charge in [0, 0.05) is 23.9 Å². The van der Waals surface area contributed by atoms with Gasteiger partial charge in [0.05, 0.1) is 40.8 Å². The average molecular weight is 493 g/mol. The van der Waals surface area contributed by atoms with Crippen molar-refractivity contribution in [1.82, 2.24) is 9.78 Å². The van der Waals surface area contributed by atoms with E-state index in [4.69, 9.17) is 9.47 Å². The minimum Gasteiger partial charge on any atom is -0.492 e. The van der Waals surface area contributed by atoms with Crippen LogP contribution in [-0.4, -0.2) is 34.8 Å². The van der Waals surface area contributed by atoms with Gasteiger partial charge in [-0.1, -0.05) is 25.1 Å². The molecule has 8 nitrogen and oxygen atoms in total. The summed E-state index contributed by atoms with van der Waals surface area (Å²) in [6.07, 6.45) is 0.333. The van der Waals surface area contributed by atoms with Gasteiger partial charge in [-0.05, 0) is 39.0 Å². The highest BCUT2D eigenvalue weighted by atomic mass is 32.1. The van der Waals surface area contributed by atoms with Gasteiger partial charge < -0.3 is 20.1 Å². The van der Waals surface area contributed by atoms with Gasteiger partial charge >= 0.3 is 0 Å². The molecular formula is C26H28N4O4S. The first-order chi connectivity index (χ1) is 16.9. The van der Waals surface area contributed by atoms with Crippen LogP contribution in [0.15, 0.2) is 48.5 Å². The Balaban J connectivity index is 1.68. The predicted molar refractivity (Wildman–Crippen MR) is 139 cm³/mol. The van der Waals surface area contributed by atoms with Crippen LogP contribution in [0, 0.1) is 6.92 Å². The van der Waals surface area contributed by atoms with Crippen molar-refractivity contribution in [3.63, 3.8) is 0 Å². The van der Waals surface area contributed by atoms with Gasteiger partial charge in [-0.25, -0.2) is 4.68 Å². The summed E-state index contributed by atoms with van der Waals surface area (Å²) >= 11 is 1.37. The molecule has 0 bridgehead atoms. The SMILES string of the molecule is CCOc1cc(NC(=O)c2cc3c(C)nn(-c4ccccc4)c3s2)c(OCC)cc1NC(=O)CC. The number of fused-ring (bicyclic) bond motifs is 1. The van der Waals surface area contributed by atoms with Crippen molar-refractivity contribution in [3.8, 4) is 17.2 Å². The second-order valence-corrected chi connectivity index (χ2v) is 8.76. The number of benzene rings is 2. The van der Waals surface area contributed by atoms with E-state index in [1.165, 1.54) is 11.3 Å². The number of anilines is 2. The topological polar surface area (TPSA) is 94.5 Å². The Morgan fingerprint density at radius 3 is 2.17 bits per heavy atom. The van der Waals surface area contributed by atoms with Crippen molar-refractivity contribution in [2.24, 2.45) is 0 Å². The second-order valence-electron chi connectivity index (χ2n) is 7.73. The number of aryl methyl sites for hydroxylation is 1. The molecule has 2 aromatic carbocycles. The van der Waals surface area contributed by atoms with Gasteiger partial charge in [0.25, 0.3) is 5.91 Å². The number of amides is 2. The quantitative estimate of drug-likeness (QED) is 0.308. The Hall–Kier alpha value is -3.85. The van der Waals surface area contributed by atoms with Crippen LogP contribution in [0.4, 0.5) is 11.4 Å². The smallest absolute Gasteiger partial charge is 0.265 e. The van der Waals surface area contributed by atoms with E-state index in [1.54, 1.807) is 19.1 Å². The first-order valence-electron chi connectivity index (χ1n) is 11.5. The molecule has 182 valence electrons. The van der Waals surface area contributed by atoms with E-state index in [1.807, 2.05) is 61.9 Å². The third-order valence-corrected chi connectivity index (χ3v) is 6.40. The Morgan fingerprint density at radius 1 is 0.943 bits per heavy atom. The molecule has 0 atom stereocenters. The molecule has 0 aliphatic carbocycles. The van der Waals surface area contributed by atoms with Crippen LogP contribution in [0.5, 0.6) is 11.5 Å². The molecule has 0 saturated heterocycles. The van der Waals surface area contributed by atoms with E-state index in [9.17, 15) is 9.59 Å². The number of thiophene rings is 1. The Bertz CT molecular complexity index is 1360. The van der Waals surface area contributed by atoms with E-state index in [2.05, 4.69) is 15.7 Å². The summed E-state index contributed by atoms with van der Waals surface area (Å²) in [5.74, 6) is 0.501. The minimum absolute atomic E-state index is 0.140. The summed E-state index contributed by atoms with van der Waals surface area (Å²) in [5, 5.41) is 11.4. The number of rotatable bonds is 9. The van der Waals surface area contributed by atoms with Crippen LogP contribution in [-0.2, 0) is 4.79 Å². The van der Waals surface area contributed by atoms with E-state index in [0.717, 1.165) is 21.6 Å². The largest absolute Gasteiger partial charge is 0.492 e. The van der Waals surface area contributed by atoms with E-state index < -0.39 is 0 Å². The highest BCUT2D eigenvalue weighted by molar-refractivity contribution is 7.20. The van der Waals surface area contributed by atoms with E-state index >= 15 is 0 Å². The molecule has 2 amide bonds. The third kappa shape index (κ3) is 5.14. The standard InChI is InChI=1S/C26H28N4O4S/c1-5-24(31)27-19-14-22(34-7-3)20(15-21(19)33-6-2)28-25(32)23-13-18-16(4)29-30(26(18)35-23)17-11-9-8-10-12-17/h8-15H,5-7H2,1-4H3,(H,27,31)(H,28,32). The lowest BCUT2D eigenvalue weighted by molar-refractivity contribution is -0.115. The molecule has 0 unspecified atom stereocenters. The van der Waals surface area contributed by atoms with Gasteiger partial charge in [-0.2, -0.15) is 5.10 Å². The Morgan fingerprint density at radius 2 is 1.57 bits per heavy atom. The lowest BCUT2D eigenvalue weighted by Gasteiger charge is -2.17. The summed E-state index contributed by atoms with van der Waals surface area (Å²) < 4.78 is 13.4. The van der Waals surface area contributed by atoms with Crippen LogP contribution in [0.2, 0.25) is 0 Å². The van der Waals surface area contributed by atoms with Crippen LogP contribution >= 0.6 is 11.3 Å². The molecule has 0 saturated carbocycles. The van der Waals surface area contributed by atoms with Crippen molar-refractivity contribution in [2.75, 3.05) is 23.8 Å². The molecule has 4 rings (SSSR count). The Kier molecular flexibility index (Phi) is 7.36. The third-order valence-electron chi connectivity index (χ3n) is 5.29. The summed E-state index contributed by atoms with van der Waals surface area (Å²) in [7, 11) is 0. The lowest BCUT2D eigenvalue weighted by Crippen LogP contribution is -2.14. The summed E-state index contributed by atoms with van der Waals surface area (Å²) in [6.45, 7) is 8.22. The number of para-hydroxylation sites is 1. The first-order valence-corrected chi connectivity index (χ1v) is 12.4.